The molecule has 2 fully saturated rings. The van der Waals surface area contributed by atoms with Crippen LogP contribution in [-0.4, -0.2) is 36.1 Å². The third kappa shape index (κ3) is 3.33. The van der Waals surface area contributed by atoms with Crippen molar-refractivity contribution >= 4 is 6.16 Å². The number of carbonyl (C=O) groups excluding carboxylic acids is 1. The van der Waals surface area contributed by atoms with Gasteiger partial charge in [-0.25, -0.2) is 4.79 Å². The predicted octanol–water partition coefficient (Wildman–Crippen LogP) is 1.18. The van der Waals surface area contributed by atoms with Gasteiger partial charge in [0.25, 0.3) is 0 Å². The second-order valence-corrected chi connectivity index (χ2v) is 5.11. The lowest BCUT2D eigenvalue weighted by Gasteiger charge is -2.28. The minimum atomic E-state index is -0.816. The third-order valence-corrected chi connectivity index (χ3v) is 3.76. The van der Waals surface area contributed by atoms with Crippen LogP contribution in [0.15, 0.2) is 0 Å². The summed E-state index contributed by atoms with van der Waals surface area (Å²) in [4.78, 5) is 10.8. The summed E-state index contributed by atoms with van der Waals surface area (Å²) in [7, 11) is 0. The normalized spacial score (nSPS) is 29.5. The maximum Gasteiger partial charge on any atom is 0.508 e. The second kappa shape index (κ2) is 5.69. The van der Waals surface area contributed by atoms with Crippen molar-refractivity contribution in [2.24, 2.45) is 11.7 Å². The molecule has 3 N–H and O–H groups in total. The van der Waals surface area contributed by atoms with Crippen LogP contribution in [0.5, 0.6) is 0 Å². The molecule has 2 unspecified atom stereocenters. The minimum Gasteiger partial charge on any atom is -0.430 e. The first-order valence-electron chi connectivity index (χ1n) is 6.44. The first kappa shape index (κ1) is 12.6. The molecule has 17 heavy (non-hydrogen) atoms. The molecule has 0 aromatic carbocycles. The highest BCUT2D eigenvalue weighted by Gasteiger charge is 2.35. The average Bonchev–Trinajstić information content (AvgIpc) is 2.76. The van der Waals surface area contributed by atoms with Crippen molar-refractivity contribution in [3.63, 3.8) is 0 Å². The van der Waals surface area contributed by atoms with Crippen LogP contribution in [0.25, 0.3) is 0 Å². The van der Waals surface area contributed by atoms with Crippen LogP contribution in [0.1, 0.15) is 38.5 Å². The summed E-state index contributed by atoms with van der Waals surface area (Å²) in [5.74, 6) is 0.603. The molecular formula is C12H21NO4. The fraction of sp³-hybridized carbons (Fsp3) is 0.917. The molecule has 0 spiro atoms. The number of cyclic esters (lactones) is 2. The van der Waals surface area contributed by atoms with Gasteiger partial charge in [0.05, 0.1) is 0 Å². The summed E-state index contributed by atoms with van der Waals surface area (Å²) in [5.41, 5.74) is 5.98. The van der Waals surface area contributed by atoms with Gasteiger partial charge in [-0.05, 0) is 12.3 Å². The Morgan fingerprint density at radius 1 is 1.35 bits per heavy atom. The van der Waals surface area contributed by atoms with Gasteiger partial charge in [-0.15, -0.1) is 0 Å². The molecule has 3 atom stereocenters. The molecule has 5 nitrogen and oxygen atoms in total. The molecule has 98 valence electrons. The van der Waals surface area contributed by atoms with Crippen LogP contribution >= 0.6 is 0 Å². The van der Waals surface area contributed by atoms with E-state index in [4.69, 9.17) is 10.5 Å². The largest absolute Gasteiger partial charge is 0.508 e. The third-order valence-electron chi connectivity index (χ3n) is 3.76. The molecule has 0 bridgehead atoms. The van der Waals surface area contributed by atoms with Crippen LogP contribution in [0.4, 0.5) is 4.79 Å². The van der Waals surface area contributed by atoms with Gasteiger partial charge in [0.2, 0.25) is 0 Å². The molecule has 2 aliphatic rings. The van der Waals surface area contributed by atoms with Gasteiger partial charge in [-0.3, -0.25) is 0 Å². The van der Waals surface area contributed by atoms with Crippen LogP contribution in [0.3, 0.4) is 0 Å². The number of hydrogen-bond donors (Lipinski definition) is 2. The number of ether oxygens (including phenoxy) is 2. The molecule has 0 amide bonds. The zero-order valence-corrected chi connectivity index (χ0v) is 10.0. The molecule has 0 aromatic rings. The van der Waals surface area contributed by atoms with Crippen molar-refractivity contribution in [2.45, 2.75) is 56.8 Å². The maximum atomic E-state index is 10.8. The Kier molecular flexibility index (Phi) is 4.23. The zero-order chi connectivity index (χ0) is 12.3. The zero-order valence-electron chi connectivity index (χ0n) is 10.0. The summed E-state index contributed by atoms with van der Waals surface area (Å²) in [6.45, 7) is 0.109. The Balaban J connectivity index is 1.77. The molecule has 2 rings (SSSR count). The lowest BCUT2D eigenvalue weighted by molar-refractivity contribution is 0.0119. The Hall–Kier alpha value is -0.810. The van der Waals surface area contributed by atoms with Crippen LogP contribution < -0.4 is 5.73 Å². The number of nitrogens with two attached hydrogens (primary N) is 1. The van der Waals surface area contributed by atoms with Gasteiger partial charge in [-0.2, -0.15) is 0 Å². The molecule has 1 heterocycles. The first-order valence-corrected chi connectivity index (χ1v) is 6.44. The summed E-state index contributed by atoms with van der Waals surface area (Å²) >= 11 is 0. The van der Waals surface area contributed by atoms with E-state index < -0.39 is 18.4 Å². The standard InChI is InChI=1S/C12H21NO4/c13-9(6-8-4-2-1-3-5-8)11(14)10-7-16-12(15)17-10/h8-11,14H,1-7,13H2/t9-,10?,11?/m0/s1. The van der Waals surface area contributed by atoms with Gasteiger partial charge >= 0.3 is 6.16 Å². The smallest absolute Gasteiger partial charge is 0.430 e. The molecule has 1 saturated carbocycles. The van der Waals surface area contributed by atoms with Crippen molar-refractivity contribution < 1.29 is 19.4 Å². The van der Waals surface area contributed by atoms with Crippen LogP contribution in [-0.2, 0) is 9.47 Å². The summed E-state index contributed by atoms with van der Waals surface area (Å²) in [6.07, 6.45) is 4.90. The highest BCUT2D eigenvalue weighted by Crippen LogP contribution is 2.28. The molecule has 1 saturated heterocycles. The summed E-state index contributed by atoms with van der Waals surface area (Å²) < 4.78 is 9.49. The Bertz CT molecular complexity index is 265. The molecule has 0 radical (unpaired) electrons. The monoisotopic (exact) mass is 243 g/mol. The van der Waals surface area contributed by atoms with E-state index in [1.807, 2.05) is 0 Å². The summed E-state index contributed by atoms with van der Waals surface area (Å²) in [6, 6.07) is -0.336. The highest BCUT2D eigenvalue weighted by atomic mass is 16.8. The van der Waals surface area contributed by atoms with Crippen molar-refractivity contribution in [3.05, 3.63) is 0 Å². The van der Waals surface area contributed by atoms with E-state index >= 15 is 0 Å². The van der Waals surface area contributed by atoms with E-state index in [9.17, 15) is 9.90 Å². The fourth-order valence-corrected chi connectivity index (χ4v) is 2.73. The van der Waals surface area contributed by atoms with E-state index in [1.165, 1.54) is 32.1 Å². The van der Waals surface area contributed by atoms with Gasteiger partial charge in [0, 0.05) is 6.04 Å². The second-order valence-electron chi connectivity index (χ2n) is 5.11. The van der Waals surface area contributed by atoms with Gasteiger partial charge in [0.1, 0.15) is 12.7 Å². The van der Waals surface area contributed by atoms with E-state index in [2.05, 4.69) is 4.74 Å². The van der Waals surface area contributed by atoms with Crippen LogP contribution in [0.2, 0.25) is 0 Å². The van der Waals surface area contributed by atoms with Gasteiger partial charge < -0.3 is 20.3 Å². The Morgan fingerprint density at radius 2 is 2.06 bits per heavy atom. The minimum absolute atomic E-state index is 0.109. The number of hydrogen-bond acceptors (Lipinski definition) is 5. The number of rotatable bonds is 4. The van der Waals surface area contributed by atoms with Crippen molar-refractivity contribution in [1.82, 2.24) is 0 Å². The lowest BCUT2D eigenvalue weighted by Crippen LogP contribution is -2.45. The number of carbonyl (C=O) groups is 1. The van der Waals surface area contributed by atoms with Crippen LogP contribution in [0, 0.1) is 5.92 Å². The predicted molar refractivity (Wildman–Crippen MR) is 61.4 cm³/mol. The lowest BCUT2D eigenvalue weighted by atomic mass is 9.83. The SMILES string of the molecule is N[C@@H](CC1CCCCC1)C(O)C1COC(=O)O1. The topological polar surface area (TPSA) is 81.8 Å². The Labute approximate surface area is 101 Å². The number of aliphatic hydroxyl groups is 1. The molecular weight excluding hydrogens is 222 g/mol. The van der Waals surface area contributed by atoms with Crippen molar-refractivity contribution in [3.8, 4) is 0 Å². The maximum absolute atomic E-state index is 10.8. The highest BCUT2D eigenvalue weighted by molar-refractivity contribution is 5.61. The molecule has 5 heteroatoms. The molecule has 1 aliphatic carbocycles. The van der Waals surface area contributed by atoms with E-state index in [0.717, 1.165) is 6.42 Å². The first-order chi connectivity index (χ1) is 8.16. The van der Waals surface area contributed by atoms with E-state index in [-0.39, 0.29) is 12.6 Å². The van der Waals surface area contributed by atoms with E-state index in [1.54, 1.807) is 0 Å². The fourth-order valence-electron chi connectivity index (χ4n) is 2.73. The van der Waals surface area contributed by atoms with Gasteiger partial charge in [-0.1, -0.05) is 32.1 Å². The van der Waals surface area contributed by atoms with Crippen molar-refractivity contribution in [1.29, 1.82) is 0 Å². The van der Waals surface area contributed by atoms with E-state index in [0.29, 0.717) is 5.92 Å². The number of aliphatic hydroxyl groups excluding tert-OH is 1. The molecule has 0 aromatic heterocycles. The summed E-state index contributed by atoms with van der Waals surface area (Å²) in [5, 5.41) is 9.98. The van der Waals surface area contributed by atoms with Gasteiger partial charge in [0.15, 0.2) is 6.10 Å². The quantitative estimate of drug-likeness (QED) is 0.724. The average molecular weight is 243 g/mol. The Morgan fingerprint density at radius 3 is 2.65 bits per heavy atom. The van der Waals surface area contributed by atoms with Crippen molar-refractivity contribution in [2.75, 3.05) is 6.61 Å². The molecule has 1 aliphatic heterocycles.